The third-order valence-electron chi connectivity index (χ3n) is 12.5. The van der Waals surface area contributed by atoms with Crippen molar-refractivity contribution < 1.29 is 0 Å². The summed E-state index contributed by atoms with van der Waals surface area (Å²) in [5, 5.41) is 1.50. The number of hydrogen-bond donors (Lipinski definition) is 0. The fourth-order valence-electron chi connectivity index (χ4n) is 9.15. The van der Waals surface area contributed by atoms with Gasteiger partial charge in [0.2, 0.25) is 0 Å². The summed E-state index contributed by atoms with van der Waals surface area (Å²) in [6.45, 7) is 33.8. The highest BCUT2D eigenvalue weighted by Gasteiger charge is 2.50. The summed E-state index contributed by atoms with van der Waals surface area (Å²) >= 11 is 2.12. The van der Waals surface area contributed by atoms with Gasteiger partial charge in [0.15, 0.2) is 0 Å². The van der Waals surface area contributed by atoms with Crippen LogP contribution in [0.15, 0.2) is 78.9 Å². The highest BCUT2D eigenvalue weighted by atomic mass is 32.1. The molecule has 0 bridgehead atoms. The predicted octanol–water partition coefficient (Wildman–Crippen LogP) is 11.6. The fraction of sp³-hybridized carbons (Fsp3) is 0.417. The molecule has 274 valence electrons. The molecule has 2 aliphatic heterocycles. The number of thiophene rings is 1. The van der Waals surface area contributed by atoms with Gasteiger partial charge in [-0.05, 0) is 117 Å². The summed E-state index contributed by atoms with van der Waals surface area (Å²) in [6.07, 6.45) is 2.40. The van der Waals surface area contributed by atoms with Gasteiger partial charge in [-0.25, -0.2) is 0 Å². The topological polar surface area (TPSA) is 6.48 Å². The number of rotatable bonds is 3. The van der Waals surface area contributed by atoms with Gasteiger partial charge in [0.25, 0.3) is 6.71 Å². The second-order valence-corrected chi connectivity index (χ2v) is 26.9. The van der Waals surface area contributed by atoms with Gasteiger partial charge in [-0.3, -0.25) is 0 Å². The molecule has 3 aliphatic rings. The van der Waals surface area contributed by atoms with Crippen LogP contribution in [0.3, 0.4) is 0 Å². The van der Waals surface area contributed by atoms with Crippen LogP contribution in [0.1, 0.15) is 109 Å². The van der Waals surface area contributed by atoms with Crippen molar-refractivity contribution in [1.29, 1.82) is 0 Å². The monoisotopic (exact) mass is 734 g/mol. The van der Waals surface area contributed by atoms with Crippen LogP contribution in [-0.4, -0.2) is 14.8 Å². The van der Waals surface area contributed by atoms with E-state index in [9.17, 15) is 0 Å². The highest BCUT2D eigenvalue weighted by molar-refractivity contribution is 7.29. The lowest BCUT2D eigenvalue weighted by atomic mass is 9.35. The van der Waals surface area contributed by atoms with E-state index in [4.69, 9.17) is 0 Å². The Hall–Kier alpha value is -3.54. The van der Waals surface area contributed by atoms with E-state index in [1.165, 1.54) is 84.5 Å². The van der Waals surface area contributed by atoms with Crippen LogP contribution in [0.5, 0.6) is 0 Å². The van der Waals surface area contributed by atoms with Gasteiger partial charge in [0, 0.05) is 38.1 Å². The normalized spacial score (nSPS) is 17.3. The summed E-state index contributed by atoms with van der Waals surface area (Å²) < 4.78 is 1.51. The Balaban J connectivity index is 1.49. The van der Waals surface area contributed by atoms with Gasteiger partial charge in [0.05, 0.1) is 13.8 Å². The summed E-state index contributed by atoms with van der Waals surface area (Å²) in [4.78, 5) is 6.86. The first-order valence-electron chi connectivity index (χ1n) is 19.9. The van der Waals surface area contributed by atoms with Crippen molar-refractivity contribution >= 4 is 81.1 Å². The fourth-order valence-corrected chi connectivity index (χ4v) is 12.0. The molecule has 0 unspecified atom stereocenters. The third kappa shape index (κ3) is 5.79. The zero-order valence-electron chi connectivity index (χ0n) is 34.8. The van der Waals surface area contributed by atoms with E-state index < -0.39 is 8.07 Å². The molecule has 53 heavy (non-hydrogen) atoms. The van der Waals surface area contributed by atoms with Crippen LogP contribution < -0.4 is 30.7 Å². The lowest BCUT2D eigenvalue weighted by Crippen LogP contribution is -2.61. The number of benzene rings is 4. The molecule has 0 N–H and O–H groups in total. The van der Waals surface area contributed by atoms with Crippen LogP contribution >= 0.6 is 11.3 Å². The molecule has 8 rings (SSSR count). The first-order valence-corrected chi connectivity index (χ1v) is 24.2. The number of anilines is 6. The van der Waals surface area contributed by atoms with E-state index in [-0.39, 0.29) is 28.4 Å². The van der Waals surface area contributed by atoms with E-state index in [0.717, 1.165) is 0 Å². The van der Waals surface area contributed by atoms with Crippen molar-refractivity contribution in [2.24, 2.45) is 0 Å². The molecule has 1 aliphatic carbocycles. The van der Waals surface area contributed by atoms with Crippen LogP contribution in [0, 0.1) is 6.92 Å². The van der Waals surface area contributed by atoms with Gasteiger partial charge < -0.3 is 9.80 Å². The quantitative estimate of drug-likeness (QED) is 0.167. The third-order valence-corrected chi connectivity index (χ3v) is 16.2. The number of aryl methyl sites for hydroxylation is 1. The van der Waals surface area contributed by atoms with Crippen LogP contribution in [0.25, 0.3) is 0 Å². The molecule has 0 spiro atoms. The zero-order chi connectivity index (χ0) is 38.2. The SMILES string of the molecule is Cc1cc2c3c(c1)N(c1ccc([Si](C)(C)C)cc1)c1c(sc4c1C(C)(C)CCC4(C)C)B3c1cc(C(C)(C)C)ccc1N2c1ccc(C(C)(C)C)cc1. The molecular formula is C48H59BN2SSi. The summed E-state index contributed by atoms with van der Waals surface area (Å²) in [6, 6.07) is 31.4. The Bertz CT molecular complexity index is 2260. The second kappa shape index (κ2) is 11.7. The molecule has 1 aromatic heterocycles. The average molecular weight is 735 g/mol. The summed E-state index contributed by atoms with van der Waals surface area (Å²) in [5.74, 6) is 0. The van der Waals surface area contributed by atoms with Gasteiger partial charge in [-0.1, -0.05) is 130 Å². The minimum absolute atomic E-state index is 0.0327. The van der Waals surface area contributed by atoms with Gasteiger partial charge in [0.1, 0.15) is 0 Å². The van der Waals surface area contributed by atoms with Gasteiger partial charge >= 0.3 is 0 Å². The van der Waals surface area contributed by atoms with Crippen molar-refractivity contribution in [1.82, 2.24) is 0 Å². The van der Waals surface area contributed by atoms with Gasteiger partial charge in [-0.2, -0.15) is 11.3 Å². The molecule has 0 fully saturated rings. The minimum atomic E-state index is -1.47. The molecule has 5 aromatic rings. The average Bonchev–Trinajstić information content (AvgIpc) is 3.48. The molecule has 4 aromatic carbocycles. The van der Waals surface area contributed by atoms with Crippen LogP contribution in [-0.2, 0) is 21.7 Å². The van der Waals surface area contributed by atoms with Crippen molar-refractivity contribution in [3.63, 3.8) is 0 Å². The Labute approximate surface area is 325 Å². The van der Waals surface area contributed by atoms with Crippen molar-refractivity contribution in [2.75, 3.05) is 9.80 Å². The Morgan fingerprint density at radius 1 is 0.642 bits per heavy atom. The molecule has 0 atom stereocenters. The largest absolute Gasteiger partial charge is 0.311 e. The Morgan fingerprint density at radius 3 is 1.75 bits per heavy atom. The molecule has 2 nitrogen and oxygen atoms in total. The molecular weight excluding hydrogens is 676 g/mol. The van der Waals surface area contributed by atoms with Crippen molar-refractivity contribution in [2.45, 2.75) is 130 Å². The number of nitrogens with zero attached hydrogens (tertiary/aromatic N) is 2. The minimum Gasteiger partial charge on any atom is -0.311 e. The maximum absolute atomic E-state index is 2.70. The van der Waals surface area contributed by atoms with Crippen molar-refractivity contribution in [3.8, 4) is 0 Å². The molecule has 0 amide bonds. The van der Waals surface area contributed by atoms with Gasteiger partial charge in [-0.15, -0.1) is 0 Å². The molecule has 0 saturated heterocycles. The lowest BCUT2D eigenvalue weighted by molar-refractivity contribution is 0.339. The standard InChI is InChI=1S/C48H59BN2SSi/c1-30-27-38-41-39(28-30)51(34-20-22-35(23-21-34)53(12,13)14)42-40-43(48(10,11)26-25-47(40,8)9)52-44(42)49(41)36-29-32(46(5,6)7)17-24-37(36)50(38)33-18-15-31(16-19-33)45(2,3)4/h15-24,27-29H,25-26H2,1-14H3. The smallest absolute Gasteiger partial charge is 0.264 e. The van der Waals surface area contributed by atoms with E-state index >= 15 is 0 Å². The molecule has 3 heterocycles. The second-order valence-electron chi connectivity index (χ2n) is 20.7. The molecule has 0 saturated carbocycles. The number of hydrogen-bond acceptors (Lipinski definition) is 3. The van der Waals surface area contributed by atoms with E-state index in [0.29, 0.717) is 0 Å². The molecule has 0 radical (unpaired) electrons. The highest BCUT2D eigenvalue weighted by Crippen LogP contribution is 2.56. The lowest BCUT2D eigenvalue weighted by Gasteiger charge is -2.45. The predicted molar refractivity (Wildman–Crippen MR) is 239 cm³/mol. The maximum Gasteiger partial charge on any atom is 0.264 e. The van der Waals surface area contributed by atoms with E-state index in [2.05, 4.69) is 196 Å². The van der Waals surface area contributed by atoms with Crippen LogP contribution in [0.2, 0.25) is 19.6 Å². The first kappa shape index (κ1) is 36.4. The van der Waals surface area contributed by atoms with Crippen LogP contribution in [0.4, 0.5) is 34.1 Å². The maximum atomic E-state index is 2.70. The van der Waals surface area contributed by atoms with Crippen molar-refractivity contribution in [3.05, 3.63) is 106 Å². The summed E-state index contributed by atoms with van der Waals surface area (Å²) in [7, 11) is -1.47. The first-order chi connectivity index (χ1) is 24.6. The Morgan fingerprint density at radius 2 is 1.17 bits per heavy atom. The molecule has 5 heteroatoms. The summed E-state index contributed by atoms with van der Waals surface area (Å²) in [5.41, 5.74) is 16.7. The number of fused-ring (bicyclic) bond motifs is 6. The van der Waals surface area contributed by atoms with E-state index in [1.807, 2.05) is 0 Å². The Kier molecular flexibility index (Phi) is 8.07. The van der Waals surface area contributed by atoms with E-state index in [1.54, 1.807) is 10.4 Å². The zero-order valence-corrected chi connectivity index (χ0v) is 36.6.